The van der Waals surface area contributed by atoms with E-state index in [1.807, 2.05) is 31.2 Å². The minimum atomic E-state index is -0.291. The molecule has 0 aliphatic rings. The number of hydrogen-bond donors (Lipinski definition) is 1. The number of para-hydroxylation sites is 1. The first-order valence-electron chi connectivity index (χ1n) is 7.51. The Morgan fingerprint density at radius 3 is 2.78 bits per heavy atom. The van der Waals surface area contributed by atoms with Gasteiger partial charge in [-0.3, -0.25) is 4.79 Å². The molecule has 0 bridgehead atoms. The number of benzene rings is 2. The first kappa shape index (κ1) is 17.5. The summed E-state index contributed by atoms with van der Waals surface area (Å²) in [7, 11) is 0. The third-order valence-corrected chi connectivity index (χ3v) is 4.04. The normalized spacial score (nSPS) is 10.4. The van der Waals surface area contributed by atoms with Gasteiger partial charge in [0.05, 0.1) is 4.47 Å². The second kappa shape index (κ2) is 8.67. The molecule has 23 heavy (non-hydrogen) atoms. The minimum absolute atomic E-state index is 0.00980. The monoisotopic (exact) mass is 379 g/mol. The number of carbonyl (C=O) groups excluding carboxylic acids is 1. The Bertz CT molecular complexity index is 676. The van der Waals surface area contributed by atoms with Crippen LogP contribution in [-0.4, -0.2) is 19.1 Å². The lowest BCUT2D eigenvalue weighted by Gasteiger charge is -2.10. The number of rotatable bonds is 7. The van der Waals surface area contributed by atoms with E-state index in [1.54, 1.807) is 12.1 Å². The van der Waals surface area contributed by atoms with Crippen molar-refractivity contribution >= 4 is 21.8 Å². The van der Waals surface area contributed by atoms with Crippen molar-refractivity contribution < 1.29 is 13.9 Å². The Kier molecular flexibility index (Phi) is 6.59. The Morgan fingerprint density at radius 1 is 1.26 bits per heavy atom. The van der Waals surface area contributed by atoms with E-state index < -0.39 is 0 Å². The summed E-state index contributed by atoms with van der Waals surface area (Å²) in [6.07, 6.45) is 1.49. The van der Waals surface area contributed by atoms with E-state index >= 15 is 0 Å². The summed E-state index contributed by atoms with van der Waals surface area (Å²) in [5.41, 5.74) is 2.03. The molecule has 0 fully saturated rings. The molecule has 2 rings (SSSR count). The SMILES string of the molecule is CCc1ccccc1OCC(=O)NCCc1ccc(F)c(Br)c1. The molecule has 1 N–H and O–H groups in total. The number of carbonyl (C=O) groups is 1. The van der Waals surface area contributed by atoms with Gasteiger partial charge in [0, 0.05) is 6.54 Å². The largest absolute Gasteiger partial charge is 0.483 e. The third-order valence-electron chi connectivity index (χ3n) is 3.43. The maximum absolute atomic E-state index is 13.1. The summed E-state index contributed by atoms with van der Waals surface area (Å²) in [6, 6.07) is 12.5. The molecule has 0 aliphatic carbocycles. The van der Waals surface area contributed by atoms with Crippen LogP contribution in [-0.2, 0) is 17.6 Å². The second-order valence-corrected chi connectivity index (χ2v) is 5.95. The van der Waals surface area contributed by atoms with Crippen LogP contribution in [0.5, 0.6) is 5.75 Å². The molecule has 2 aromatic carbocycles. The molecule has 0 atom stereocenters. The standard InChI is InChI=1S/C18H19BrFNO2/c1-2-14-5-3-4-6-17(14)23-12-18(22)21-10-9-13-7-8-16(20)15(19)11-13/h3-8,11H,2,9-10,12H2,1H3,(H,21,22). The van der Waals surface area contributed by atoms with Crippen molar-refractivity contribution in [1.82, 2.24) is 5.32 Å². The maximum Gasteiger partial charge on any atom is 0.257 e. The Morgan fingerprint density at radius 2 is 2.04 bits per heavy atom. The Balaban J connectivity index is 1.76. The van der Waals surface area contributed by atoms with Crippen LogP contribution >= 0.6 is 15.9 Å². The van der Waals surface area contributed by atoms with E-state index in [1.165, 1.54) is 6.07 Å². The topological polar surface area (TPSA) is 38.3 Å². The number of amides is 1. The highest BCUT2D eigenvalue weighted by Gasteiger charge is 2.06. The summed E-state index contributed by atoms with van der Waals surface area (Å²) in [4.78, 5) is 11.8. The van der Waals surface area contributed by atoms with Crippen molar-refractivity contribution in [3.8, 4) is 5.75 Å². The zero-order chi connectivity index (χ0) is 16.7. The molecule has 0 saturated heterocycles. The molecule has 1 amide bonds. The molecule has 0 radical (unpaired) electrons. The van der Waals surface area contributed by atoms with Crippen LogP contribution in [0.2, 0.25) is 0 Å². The lowest BCUT2D eigenvalue weighted by molar-refractivity contribution is -0.123. The van der Waals surface area contributed by atoms with Crippen LogP contribution in [0.4, 0.5) is 4.39 Å². The number of aryl methyl sites for hydroxylation is 1. The van der Waals surface area contributed by atoms with Crippen molar-refractivity contribution in [1.29, 1.82) is 0 Å². The van der Waals surface area contributed by atoms with E-state index in [9.17, 15) is 9.18 Å². The molecule has 0 heterocycles. The highest BCUT2D eigenvalue weighted by atomic mass is 79.9. The highest BCUT2D eigenvalue weighted by Crippen LogP contribution is 2.18. The lowest BCUT2D eigenvalue weighted by atomic mass is 10.1. The van der Waals surface area contributed by atoms with Gasteiger partial charge >= 0.3 is 0 Å². The second-order valence-electron chi connectivity index (χ2n) is 5.10. The van der Waals surface area contributed by atoms with Crippen LogP contribution in [0.15, 0.2) is 46.9 Å². The van der Waals surface area contributed by atoms with E-state index in [-0.39, 0.29) is 18.3 Å². The molecule has 0 unspecified atom stereocenters. The van der Waals surface area contributed by atoms with Gasteiger partial charge in [0.2, 0.25) is 0 Å². The van der Waals surface area contributed by atoms with Crippen molar-refractivity contribution in [2.75, 3.05) is 13.2 Å². The number of nitrogens with one attached hydrogen (secondary N) is 1. The predicted molar refractivity (Wildman–Crippen MR) is 92.1 cm³/mol. The van der Waals surface area contributed by atoms with E-state index in [0.29, 0.717) is 17.4 Å². The number of ether oxygens (including phenoxy) is 1. The average Bonchev–Trinajstić information content (AvgIpc) is 2.56. The minimum Gasteiger partial charge on any atom is -0.483 e. The number of hydrogen-bond acceptors (Lipinski definition) is 2. The van der Waals surface area contributed by atoms with Crippen molar-refractivity contribution in [2.24, 2.45) is 0 Å². The van der Waals surface area contributed by atoms with Gasteiger partial charge in [-0.15, -0.1) is 0 Å². The van der Waals surface area contributed by atoms with E-state index in [4.69, 9.17) is 4.74 Å². The molecule has 2 aromatic rings. The molecule has 122 valence electrons. The lowest BCUT2D eigenvalue weighted by Crippen LogP contribution is -2.30. The molecule has 0 saturated carbocycles. The fraction of sp³-hybridized carbons (Fsp3) is 0.278. The van der Waals surface area contributed by atoms with Crippen molar-refractivity contribution in [3.63, 3.8) is 0 Å². The van der Waals surface area contributed by atoms with Crippen LogP contribution < -0.4 is 10.1 Å². The van der Waals surface area contributed by atoms with Gasteiger partial charge in [0.25, 0.3) is 5.91 Å². The molecule has 3 nitrogen and oxygen atoms in total. The Labute approximate surface area is 144 Å². The van der Waals surface area contributed by atoms with Crippen LogP contribution in [0.25, 0.3) is 0 Å². The summed E-state index contributed by atoms with van der Waals surface area (Å²) in [5, 5.41) is 2.80. The summed E-state index contributed by atoms with van der Waals surface area (Å²) in [5.74, 6) is 0.283. The molecule has 5 heteroatoms. The van der Waals surface area contributed by atoms with Gasteiger partial charge in [-0.25, -0.2) is 4.39 Å². The van der Waals surface area contributed by atoms with Gasteiger partial charge in [-0.05, 0) is 58.1 Å². The quantitative estimate of drug-likeness (QED) is 0.792. The average molecular weight is 380 g/mol. The molecular weight excluding hydrogens is 361 g/mol. The zero-order valence-corrected chi connectivity index (χ0v) is 14.5. The first-order valence-corrected chi connectivity index (χ1v) is 8.30. The van der Waals surface area contributed by atoms with Gasteiger partial charge < -0.3 is 10.1 Å². The summed E-state index contributed by atoms with van der Waals surface area (Å²) < 4.78 is 19.1. The molecule has 0 aromatic heterocycles. The smallest absolute Gasteiger partial charge is 0.257 e. The third kappa shape index (κ3) is 5.36. The fourth-order valence-electron chi connectivity index (χ4n) is 2.17. The van der Waals surface area contributed by atoms with Crippen molar-refractivity contribution in [2.45, 2.75) is 19.8 Å². The number of halogens is 2. The highest BCUT2D eigenvalue weighted by molar-refractivity contribution is 9.10. The zero-order valence-electron chi connectivity index (χ0n) is 12.9. The predicted octanol–water partition coefficient (Wildman–Crippen LogP) is 3.89. The summed E-state index contributed by atoms with van der Waals surface area (Å²) >= 11 is 3.15. The van der Waals surface area contributed by atoms with Crippen LogP contribution in [0.1, 0.15) is 18.1 Å². The molecular formula is C18H19BrFNO2. The first-order chi connectivity index (χ1) is 11.1. The molecule has 0 aliphatic heterocycles. The van der Waals surface area contributed by atoms with E-state index in [0.717, 1.165) is 23.3 Å². The van der Waals surface area contributed by atoms with Crippen molar-refractivity contribution in [3.05, 3.63) is 63.9 Å². The van der Waals surface area contributed by atoms with Gasteiger partial charge in [-0.2, -0.15) is 0 Å². The van der Waals surface area contributed by atoms with Gasteiger partial charge in [0.1, 0.15) is 11.6 Å². The van der Waals surface area contributed by atoms with Crippen LogP contribution in [0.3, 0.4) is 0 Å². The summed E-state index contributed by atoms with van der Waals surface area (Å²) in [6.45, 7) is 2.52. The van der Waals surface area contributed by atoms with Gasteiger partial charge in [0.15, 0.2) is 6.61 Å². The maximum atomic E-state index is 13.1. The molecule has 0 spiro atoms. The van der Waals surface area contributed by atoms with Gasteiger partial charge in [-0.1, -0.05) is 31.2 Å². The Hall–Kier alpha value is -1.88. The van der Waals surface area contributed by atoms with E-state index in [2.05, 4.69) is 21.2 Å². The van der Waals surface area contributed by atoms with Crippen LogP contribution in [0, 0.1) is 5.82 Å². The fourth-order valence-corrected chi connectivity index (χ4v) is 2.60.